The maximum absolute atomic E-state index is 12.2. The number of rotatable bonds is 4. The lowest BCUT2D eigenvalue weighted by atomic mass is 10.0. The molecule has 4 heteroatoms. The molecule has 0 aliphatic carbocycles. The van der Waals surface area contributed by atoms with Crippen LogP contribution in [0.1, 0.15) is 28.8 Å². The minimum absolute atomic E-state index is 0.0268. The van der Waals surface area contributed by atoms with E-state index in [9.17, 15) is 4.79 Å². The molecule has 0 unspecified atom stereocenters. The molecule has 0 atom stereocenters. The molecule has 1 aliphatic rings. The number of nitrogens with zero attached hydrogens (tertiary/aromatic N) is 1. The number of hydrogen-bond acceptors (Lipinski definition) is 2. The summed E-state index contributed by atoms with van der Waals surface area (Å²) >= 11 is 6.04. The van der Waals surface area contributed by atoms with E-state index >= 15 is 0 Å². The summed E-state index contributed by atoms with van der Waals surface area (Å²) in [5.74, 6) is 0.0268. The van der Waals surface area contributed by atoms with Crippen molar-refractivity contribution in [1.29, 1.82) is 0 Å². The quantitative estimate of drug-likeness (QED) is 0.927. The molecule has 2 aromatic carbocycles. The largest absolute Gasteiger partial charge is 0.349 e. The molecule has 3 rings (SSSR count). The second-order valence-corrected chi connectivity index (χ2v) is 6.46. The summed E-state index contributed by atoms with van der Waals surface area (Å²) < 4.78 is 0. The molecule has 2 aromatic rings. The lowest BCUT2D eigenvalue weighted by Gasteiger charge is -2.32. The summed E-state index contributed by atoms with van der Waals surface area (Å²) in [5, 5.41) is 3.93. The molecule has 0 spiro atoms. The van der Waals surface area contributed by atoms with Gasteiger partial charge in [0.15, 0.2) is 0 Å². The van der Waals surface area contributed by atoms with Crippen molar-refractivity contribution in [3.63, 3.8) is 0 Å². The Bertz CT molecular complexity index is 651. The van der Waals surface area contributed by atoms with E-state index in [1.807, 2.05) is 48.5 Å². The highest BCUT2D eigenvalue weighted by Crippen LogP contribution is 2.17. The average molecular weight is 329 g/mol. The van der Waals surface area contributed by atoms with Crippen LogP contribution < -0.4 is 5.32 Å². The van der Waals surface area contributed by atoms with E-state index in [0.717, 1.165) is 43.1 Å². The third-order valence-electron chi connectivity index (χ3n) is 4.25. The van der Waals surface area contributed by atoms with Crippen LogP contribution >= 0.6 is 11.6 Å². The van der Waals surface area contributed by atoms with Gasteiger partial charge in [0.05, 0.1) is 0 Å². The standard InChI is InChI=1S/C19H21ClN2O/c20-17-8-4-5-15(13-17)14-22-11-9-18(10-12-22)21-19(23)16-6-2-1-3-7-16/h1-8,13,18H,9-12,14H2,(H,21,23). The SMILES string of the molecule is O=C(NC1CCN(Cc2cccc(Cl)c2)CC1)c1ccccc1. The van der Waals surface area contributed by atoms with Crippen LogP contribution in [0, 0.1) is 0 Å². The van der Waals surface area contributed by atoms with Gasteiger partial charge in [-0.3, -0.25) is 9.69 Å². The van der Waals surface area contributed by atoms with Crippen LogP contribution in [-0.2, 0) is 6.54 Å². The second-order valence-electron chi connectivity index (χ2n) is 6.02. The fourth-order valence-electron chi connectivity index (χ4n) is 2.99. The zero-order valence-electron chi connectivity index (χ0n) is 13.0. The van der Waals surface area contributed by atoms with E-state index in [2.05, 4.69) is 16.3 Å². The lowest BCUT2D eigenvalue weighted by Crippen LogP contribution is -2.44. The molecule has 23 heavy (non-hydrogen) atoms. The summed E-state index contributed by atoms with van der Waals surface area (Å²) in [6.07, 6.45) is 1.97. The monoisotopic (exact) mass is 328 g/mol. The molecular weight excluding hydrogens is 308 g/mol. The van der Waals surface area contributed by atoms with E-state index in [1.165, 1.54) is 5.56 Å². The van der Waals surface area contributed by atoms with Crippen molar-refractivity contribution in [2.45, 2.75) is 25.4 Å². The van der Waals surface area contributed by atoms with Gasteiger partial charge in [-0.1, -0.05) is 41.9 Å². The van der Waals surface area contributed by atoms with Gasteiger partial charge in [0.1, 0.15) is 0 Å². The van der Waals surface area contributed by atoms with Gasteiger partial charge < -0.3 is 5.32 Å². The van der Waals surface area contributed by atoms with Gasteiger partial charge in [-0.2, -0.15) is 0 Å². The highest BCUT2D eigenvalue weighted by atomic mass is 35.5. The Morgan fingerprint density at radius 3 is 2.52 bits per heavy atom. The number of hydrogen-bond donors (Lipinski definition) is 1. The summed E-state index contributed by atoms with van der Waals surface area (Å²) in [4.78, 5) is 14.6. The molecule has 120 valence electrons. The number of carbonyl (C=O) groups is 1. The number of likely N-dealkylation sites (tertiary alicyclic amines) is 1. The summed E-state index contributed by atoms with van der Waals surface area (Å²) in [6, 6.07) is 17.7. The molecule has 1 amide bonds. The molecule has 3 nitrogen and oxygen atoms in total. The first-order valence-corrected chi connectivity index (χ1v) is 8.41. The van der Waals surface area contributed by atoms with Crippen LogP contribution in [0.4, 0.5) is 0 Å². The van der Waals surface area contributed by atoms with E-state index in [0.29, 0.717) is 0 Å². The minimum atomic E-state index is 0.0268. The van der Waals surface area contributed by atoms with Crippen LogP contribution in [0.25, 0.3) is 0 Å². The van der Waals surface area contributed by atoms with E-state index in [1.54, 1.807) is 0 Å². The predicted octanol–water partition coefficient (Wildman–Crippen LogP) is 3.73. The first-order valence-electron chi connectivity index (χ1n) is 8.03. The molecule has 0 aromatic heterocycles. The van der Waals surface area contributed by atoms with Gasteiger partial charge in [0, 0.05) is 36.3 Å². The molecule has 1 N–H and O–H groups in total. The number of halogens is 1. The number of nitrogens with one attached hydrogen (secondary N) is 1. The lowest BCUT2D eigenvalue weighted by molar-refractivity contribution is 0.0909. The second kappa shape index (κ2) is 7.62. The van der Waals surface area contributed by atoms with Crippen LogP contribution in [0.15, 0.2) is 54.6 Å². The van der Waals surface area contributed by atoms with E-state index < -0.39 is 0 Å². The summed E-state index contributed by atoms with van der Waals surface area (Å²) in [7, 11) is 0. The number of piperidine rings is 1. The highest BCUT2D eigenvalue weighted by Gasteiger charge is 2.21. The summed E-state index contributed by atoms with van der Waals surface area (Å²) in [6.45, 7) is 2.90. The van der Waals surface area contributed by atoms with Gasteiger partial charge in [0.25, 0.3) is 5.91 Å². The van der Waals surface area contributed by atoms with Gasteiger partial charge in [-0.15, -0.1) is 0 Å². The van der Waals surface area contributed by atoms with Gasteiger partial charge in [0.2, 0.25) is 0 Å². The van der Waals surface area contributed by atoms with Crippen LogP contribution in [0.3, 0.4) is 0 Å². The smallest absolute Gasteiger partial charge is 0.251 e. The average Bonchev–Trinajstić information content (AvgIpc) is 2.57. The molecule has 1 fully saturated rings. The van der Waals surface area contributed by atoms with Crippen molar-refractivity contribution >= 4 is 17.5 Å². The maximum Gasteiger partial charge on any atom is 0.251 e. The van der Waals surface area contributed by atoms with Crippen LogP contribution in [0.5, 0.6) is 0 Å². The van der Waals surface area contributed by atoms with E-state index in [-0.39, 0.29) is 11.9 Å². The Kier molecular flexibility index (Phi) is 5.31. The van der Waals surface area contributed by atoms with Gasteiger partial charge >= 0.3 is 0 Å². The number of benzene rings is 2. The first kappa shape index (κ1) is 16.0. The third kappa shape index (κ3) is 4.57. The van der Waals surface area contributed by atoms with Gasteiger partial charge in [-0.05, 0) is 42.7 Å². The maximum atomic E-state index is 12.2. The highest BCUT2D eigenvalue weighted by molar-refractivity contribution is 6.30. The van der Waals surface area contributed by atoms with Crippen LogP contribution in [-0.4, -0.2) is 29.9 Å². The first-order chi connectivity index (χ1) is 11.2. The molecule has 1 aliphatic heterocycles. The third-order valence-corrected chi connectivity index (χ3v) is 4.49. The Balaban J connectivity index is 1.48. The molecule has 0 radical (unpaired) electrons. The fraction of sp³-hybridized carbons (Fsp3) is 0.316. The van der Waals surface area contributed by atoms with Crippen molar-refractivity contribution in [3.8, 4) is 0 Å². The van der Waals surface area contributed by atoms with Crippen molar-refractivity contribution in [2.24, 2.45) is 0 Å². The molecular formula is C19H21ClN2O. The van der Waals surface area contributed by atoms with Crippen molar-refractivity contribution < 1.29 is 4.79 Å². The van der Waals surface area contributed by atoms with Crippen molar-refractivity contribution in [2.75, 3.05) is 13.1 Å². The molecule has 1 heterocycles. The fourth-order valence-corrected chi connectivity index (χ4v) is 3.20. The van der Waals surface area contributed by atoms with Gasteiger partial charge in [-0.25, -0.2) is 0 Å². The Morgan fingerprint density at radius 1 is 1.09 bits per heavy atom. The number of amides is 1. The topological polar surface area (TPSA) is 32.3 Å². The summed E-state index contributed by atoms with van der Waals surface area (Å²) in [5.41, 5.74) is 1.97. The zero-order valence-corrected chi connectivity index (χ0v) is 13.8. The predicted molar refractivity (Wildman–Crippen MR) is 93.7 cm³/mol. The number of carbonyl (C=O) groups excluding carboxylic acids is 1. The Morgan fingerprint density at radius 2 is 1.83 bits per heavy atom. The molecule has 0 bridgehead atoms. The van der Waals surface area contributed by atoms with E-state index in [4.69, 9.17) is 11.6 Å². The van der Waals surface area contributed by atoms with Crippen molar-refractivity contribution in [1.82, 2.24) is 10.2 Å². The molecule has 1 saturated heterocycles. The zero-order chi connectivity index (χ0) is 16.1. The van der Waals surface area contributed by atoms with Crippen molar-refractivity contribution in [3.05, 3.63) is 70.7 Å². The normalized spacial score (nSPS) is 16.2. The van der Waals surface area contributed by atoms with Crippen LogP contribution in [0.2, 0.25) is 5.02 Å². The Hall–Kier alpha value is -1.84. The minimum Gasteiger partial charge on any atom is -0.349 e. The Labute approximate surface area is 142 Å². The molecule has 0 saturated carbocycles.